The second-order valence-electron chi connectivity index (χ2n) is 5.22. The second-order valence-corrected chi connectivity index (χ2v) is 5.22. The van der Waals surface area contributed by atoms with Gasteiger partial charge in [-0.3, -0.25) is 4.98 Å². The van der Waals surface area contributed by atoms with E-state index in [1.807, 2.05) is 19.3 Å². The predicted molar refractivity (Wildman–Crippen MR) is 73.9 cm³/mol. The van der Waals surface area contributed by atoms with Crippen LogP contribution in [0.5, 0.6) is 0 Å². The molecule has 2 rings (SSSR count). The Hall–Kier alpha value is -0.930. The number of ether oxygens (including phenoxy) is 1. The van der Waals surface area contributed by atoms with E-state index in [0.29, 0.717) is 12.0 Å². The van der Waals surface area contributed by atoms with Crippen LogP contribution in [0.1, 0.15) is 43.4 Å². The van der Waals surface area contributed by atoms with Crippen molar-refractivity contribution in [3.8, 4) is 0 Å². The minimum absolute atomic E-state index is 0.288. The number of methoxy groups -OCH3 is 1. The van der Waals surface area contributed by atoms with E-state index < -0.39 is 0 Å². The first-order valence-electron chi connectivity index (χ1n) is 6.90. The first-order valence-corrected chi connectivity index (χ1v) is 6.90. The van der Waals surface area contributed by atoms with Crippen LogP contribution in [0.4, 0.5) is 0 Å². The highest BCUT2D eigenvalue weighted by molar-refractivity contribution is 5.27. The molecule has 1 aromatic rings. The van der Waals surface area contributed by atoms with Crippen molar-refractivity contribution < 1.29 is 4.74 Å². The molecule has 0 saturated carbocycles. The average Bonchev–Trinajstić information content (AvgIpc) is 2.44. The molecule has 100 valence electrons. The number of fused-ring (bicyclic) bond motifs is 1. The summed E-state index contributed by atoms with van der Waals surface area (Å²) in [6.45, 7) is 2.13. The maximum absolute atomic E-state index is 5.40. The molecular weight excluding hydrogens is 224 g/mol. The topological polar surface area (TPSA) is 34.1 Å². The SMILES string of the molecule is CNC(CC(C)OC)C1CCCc2cccnc21. The third-order valence-corrected chi connectivity index (χ3v) is 4.08. The summed E-state index contributed by atoms with van der Waals surface area (Å²) < 4.78 is 5.40. The Bertz CT molecular complexity index is 381. The third-order valence-electron chi connectivity index (χ3n) is 4.08. The smallest absolute Gasteiger partial charge is 0.0558 e. The zero-order valence-corrected chi connectivity index (χ0v) is 11.6. The van der Waals surface area contributed by atoms with Crippen LogP contribution in [0.25, 0.3) is 0 Å². The summed E-state index contributed by atoms with van der Waals surface area (Å²) in [5.74, 6) is 0.526. The Morgan fingerprint density at radius 3 is 3.11 bits per heavy atom. The Labute approximate surface area is 110 Å². The molecule has 1 aromatic heterocycles. The lowest BCUT2D eigenvalue weighted by atomic mass is 9.80. The molecule has 0 fully saturated rings. The number of aryl methyl sites for hydroxylation is 1. The predicted octanol–water partition coefficient (Wildman–Crippen LogP) is 2.51. The number of aromatic nitrogens is 1. The summed E-state index contributed by atoms with van der Waals surface area (Å²) in [6, 6.07) is 4.72. The molecule has 0 bridgehead atoms. The molecular formula is C15H24N2O. The molecule has 1 aliphatic rings. The fraction of sp³-hybridized carbons (Fsp3) is 0.667. The first kappa shape index (κ1) is 13.5. The Morgan fingerprint density at radius 2 is 2.39 bits per heavy atom. The zero-order valence-electron chi connectivity index (χ0n) is 11.6. The van der Waals surface area contributed by atoms with Crippen molar-refractivity contribution in [3.63, 3.8) is 0 Å². The summed E-state index contributed by atoms with van der Waals surface area (Å²) in [6.07, 6.45) is 6.92. The van der Waals surface area contributed by atoms with E-state index in [0.717, 1.165) is 6.42 Å². The molecule has 3 nitrogen and oxygen atoms in total. The van der Waals surface area contributed by atoms with Gasteiger partial charge in [0, 0.05) is 31.0 Å². The van der Waals surface area contributed by atoms with E-state index in [1.54, 1.807) is 7.11 Å². The summed E-state index contributed by atoms with van der Waals surface area (Å²) in [5.41, 5.74) is 2.73. The highest BCUT2D eigenvalue weighted by Crippen LogP contribution is 2.33. The Balaban J connectivity index is 2.17. The maximum atomic E-state index is 5.40. The molecule has 3 atom stereocenters. The maximum Gasteiger partial charge on any atom is 0.0558 e. The second kappa shape index (κ2) is 6.30. The lowest BCUT2D eigenvalue weighted by molar-refractivity contribution is 0.0966. The van der Waals surface area contributed by atoms with Crippen LogP contribution in [-0.2, 0) is 11.2 Å². The molecule has 1 heterocycles. The van der Waals surface area contributed by atoms with E-state index in [2.05, 4.69) is 23.3 Å². The quantitative estimate of drug-likeness (QED) is 0.869. The molecule has 3 unspecified atom stereocenters. The standard InChI is InChI=1S/C15H24N2O/c1-11(18-3)10-14(16-2)13-8-4-6-12-7-5-9-17-15(12)13/h5,7,9,11,13-14,16H,4,6,8,10H2,1-3H3. The minimum Gasteiger partial charge on any atom is -0.382 e. The Kier molecular flexibility index (Phi) is 4.72. The molecule has 3 heteroatoms. The Morgan fingerprint density at radius 1 is 1.56 bits per heavy atom. The summed E-state index contributed by atoms with van der Waals surface area (Å²) in [7, 11) is 3.83. The summed E-state index contributed by atoms with van der Waals surface area (Å²) in [5, 5.41) is 3.46. The van der Waals surface area contributed by atoms with E-state index in [4.69, 9.17) is 4.74 Å². The summed E-state index contributed by atoms with van der Waals surface area (Å²) >= 11 is 0. The lowest BCUT2D eigenvalue weighted by Crippen LogP contribution is -2.37. The van der Waals surface area contributed by atoms with Crippen molar-refractivity contribution in [2.24, 2.45) is 0 Å². The molecule has 0 radical (unpaired) electrons. The van der Waals surface area contributed by atoms with E-state index >= 15 is 0 Å². The van der Waals surface area contributed by atoms with Crippen molar-refractivity contribution in [2.75, 3.05) is 14.2 Å². The highest BCUT2D eigenvalue weighted by atomic mass is 16.5. The van der Waals surface area contributed by atoms with Crippen molar-refractivity contribution in [1.82, 2.24) is 10.3 Å². The molecule has 0 aromatic carbocycles. The van der Waals surface area contributed by atoms with Crippen molar-refractivity contribution in [1.29, 1.82) is 0 Å². The third kappa shape index (κ3) is 2.90. The number of nitrogens with one attached hydrogen (secondary N) is 1. The van der Waals surface area contributed by atoms with Crippen LogP contribution in [0.3, 0.4) is 0 Å². The zero-order chi connectivity index (χ0) is 13.0. The minimum atomic E-state index is 0.288. The van der Waals surface area contributed by atoms with Gasteiger partial charge in [-0.05, 0) is 51.3 Å². The van der Waals surface area contributed by atoms with Crippen LogP contribution < -0.4 is 5.32 Å². The van der Waals surface area contributed by atoms with Gasteiger partial charge in [0.2, 0.25) is 0 Å². The molecule has 18 heavy (non-hydrogen) atoms. The van der Waals surface area contributed by atoms with Crippen molar-refractivity contribution >= 4 is 0 Å². The van der Waals surface area contributed by atoms with Crippen molar-refractivity contribution in [3.05, 3.63) is 29.6 Å². The number of likely N-dealkylation sites (N-methyl/N-ethyl adjacent to an activating group) is 1. The van der Waals surface area contributed by atoms with Crippen LogP contribution in [-0.4, -0.2) is 31.3 Å². The van der Waals surface area contributed by atoms with Crippen molar-refractivity contribution in [2.45, 2.75) is 50.7 Å². The van der Waals surface area contributed by atoms with Gasteiger partial charge in [0.25, 0.3) is 0 Å². The summed E-state index contributed by atoms with van der Waals surface area (Å²) in [4.78, 5) is 4.62. The van der Waals surface area contributed by atoms with Gasteiger partial charge in [0.15, 0.2) is 0 Å². The van der Waals surface area contributed by atoms with E-state index in [1.165, 1.54) is 30.5 Å². The molecule has 0 spiro atoms. The normalized spacial score (nSPS) is 22.3. The van der Waals surface area contributed by atoms with Gasteiger partial charge in [-0.25, -0.2) is 0 Å². The molecule has 0 aliphatic heterocycles. The van der Waals surface area contributed by atoms with Gasteiger partial charge < -0.3 is 10.1 Å². The number of hydrogen-bond donors (Lipinski definition) is 1. The fourth-order valence-electron chi connectivity index (χ4n) is 2.97. The van der Waals surface area contributed by atoms with Gasteiger partial charge in [0.1, 0.15) is 0 Å². The lowest BCUT2D eigenvalue weighted by Gasteiger charge is -2.32. The largest absolute Gasteiger partial charge is 0.382 e. The molecule has 1 aliphatic carbocycles. The number of rotatable bonds is 5. The van der Waals surface area contributed by atoms with E-state index in [9.17, 15) is 0 Å². The van der Waals surface area contributed by atoms with Crippen LogP contribution in [0, 0.1) is 0 Å². The van der Waals surface area contributed by atoms with Crippen LogP contribution in [0.15, 0.2) is 18.3 Å². The average molecular weight is 248 g/mol. The highest BCUT2D eigenvalue weighted by Gasteiger charge is 2.28. The van der Waals surface area contributed by atoms with Gasteiger partial charge in [-0.1, -0.05) is 6.07 Å². The van der Waals surface area contributed by atoms with Gasteiger partial charge >= 0.3 is 0 Å². The number of hydrogen-bond acceptors (Lipinski definition) is 3. The number of pyridine rings is 1. The molecule has 0 amide bonds. The van der Waals surface area contributed by atoms with Gasteiger partial charge in [0.05, 0.1) is 6.10 Å². The van der Waals surface area contributed by atoms with Gasteiger partial charge in [-0.15, -0.1) is 0 Å². The van der Waals surface area contributed by atoms with Gasteiger partial charge in [-0.2, -0.15) is 0 Å². The number of nitrogens with zero attached hydrogens (tertiary/aromatic N) is 1. The first-order chi connectivity index (χ1) is 8.76. The van der Waals surface area contributed by atoms with Crippen LogP contribution >= 0.6 is 0 Å². The van der Waals surface area contributed by atoms with Crippen LogP contribution in [0.2, 0.25) is 0 Å². The fourth-order valence-corrected chi connectivity index (χ4v) is 2.97. The molecule has 1 N–H and O–H groups in total. The molecule has 0 saturated heterocycles. The van der Waals surface area contributed by atoms with E-state index in [-0.39, 0.29) is 6.10 Å². The monoisotopic (exact) mass is 248 g/mol.